The van der Waals surface area contributed by atoms with E-state index in [-0.39, 0.29) is 25.4 Å². The zero-order valence-electron chi connectivity index (χ0n) is 9.54. The molecule has 0 aliphatic carbocycles. The van der Waals surface area contributed by atoms with Crippen molar-refractivity contribution < 1.29 is 22.7 Å². The number of benzene rings is 1. The summed E-state index contributed by atoms with van der Waals surface area (Å²) in [7, 11) is 0. The summed E-state index contributed by atoms with van der Waals surface area (Å²) in [5, 5.41) is 8.82. The molecule has 0 aromatic heterocycles. The molecule has 0 aliphatic heterocycles. The molecular formula is C12H13F4NO. The number of alkyl halides is 3. The molecule has 2 nitrogen and oxygen atoms in total. The lowest BCUT2D eigenvalue weighted by Gasteiger charge is -2.23. The molecule has 0 heterocycles. The van der Waals surface area contributed by atoms with Gasteiger partial charge in [0, 0.05) is 13.1 Å². The van der Waals surface area contributed by atoms with Crippen molar-refractivity contribution in [3.8, 4) is 0 Å². The molecule has 100 valence electrons. The lowest BCUT2D eigenvalue weighted by molar-refractivity contribution is -0.137. The van der Waals surface area contributed by atoms with Crippen molar-refractivity contribution in [1.29, 1.82) is 0 Å². The molecule has 6 heteroatoms. The van der Waals surface area contributed by atoms with Crippen LogP contribution in [0.1, 0.15) is 5.56 Å². The molecule has 0 saturated heterocycles. The molecule has 1 N–H and O–H groups in total. The second-order valence-corrected chi connectivity index (χ2v) is 3.62. The highest BCUT2D eigenvalue weighted by Gasteiger charge is 2.31. The van der Waals surface area contributed by atoms with Crippen LogP contribution in [0, 0.1) is 5.82 Å². The fourth-order valence-electron chi connectivity index (χ4n) is 1.53. The summed E-state index contributed by atoms with van der Waals surface area (Å²) in [5.74, 6) is -0.972. The van der Waals surface area contributed by atoms with E-state index in [9.17, 15) is 17.6 Å². The predicted molar refractivity (Wildman–Crippen MR) is 60.9 cm³/mol. The van der Waals surface area contributed by atoms with Crippen LogP contribution in [-0.2, 0) is 6.18 Å². The first kappa shape index (κ1) is 14.5. The number of aliphatic hydroxyl groups excluding tert-OH is 1. The average molecular weight is 263 g/mol. The maximum Gasteiger partial charge on any atom is 0.416 e. The Labute approximate surface area is 102 Å². The van der Waals surface area contributed by atoms with Crippen LogP contribution in [0.3, 0.4) is 0 Å². The first-order chi connectivity index (χ1) is 8.40. The smallest absolute Gasteiger partial charge is 0.395 e. The standard InChI is InChI=1S/C12H13F4NO/c1-2-5-17(6-7-18)11-4-3-9(8-10(11)13)12(14,15)16/h2-4,8,18H,1,5-7H2. The normalized spacial score (nSPS) is 11.4. The van der Waals surface area contributed by atoms with Gasteiger partial charge in [0.25, 0.3) is 0 Å². The maximum absolute atomic E-state index is 13.6. The molecule has 1 rings (SSSR count). The summed E-state index contributed by atoms with van der Waals surface area (Å²) in [6.07, 6.45) is -3.09. The molecule has 1 aromatic rings. The van der Waals surface area contributed by atoms with Gasteiger partial charge in [0.2, 0.25) is 0 Å². The van der Waals surface area contributed by atoms with E-state index in [1.807, 2.05) is 0 Å². The Morgan fingerprint density at radius 2 is 2.00 bits per heavy atom. The molecule has 0 aliphatic rings. The van der Waals surface area contributed by atoms with E-state index < -0.39 is 17.6 Å². The molecule has 0 saturated carbocycles. The van der Waals surface area contributed by atoms with Crippen molar-refractivity contribution in [2.45, 2.75) is 6.18 Å². The summed E-state index contributed by atoms with van der Waals surface area (Å²) < 4.78 is 50.7. The average Bonchev–Trinajstić information content (AvgIpc) is 2.27. The molecule has 0 radical (unpaired) electrons. The topological polar surface area (TPSA) is 23.5 Å². The van der Waals surface area contributed by atoms with Crippen LogP contribution in [0.4, 0.5) is 23.2 Å². The van der Waals surface area contributed by atoms with Gasteiger partial charge < -0.3 is 10.0 Å². The van der Waals surface area contributed by atoms with Crippen molar-refractivity contribution in [3.05, 3.63) is 42.2 Å². The number of nitrogens with zero attached hydrogens (tertiary/aromatic N) is 1. The molecule has 0 atom stereocenters. The largest absolute Gasteiger partial charge is 0.416 e. The van der Waals surface area contributed by atoms with Gasteiger partial charge in [-0.2, -0.15) is 13.2 Å². The molecule has 0 bridgehead atoms. The monoisotopic (exact) mass is 263 g/mol. The van der Waals surface area contributed by atoms with Crippen LogP contribution in [0.2, 0.25) is 0 Å². The minimum Gasteiger partial charge on any atom is -0.395 e. The second kappa shape index (κ2) is 5.86. The summed E-state index contributed by atoms with van der Waals surface area (Å²) in [4.78, 5) is 1.41. The van der Waals surface area contributed by atoms with Gasteiger partial charge in [0.1, 0.15) is 5.82 Å². The summed E-state index contributed by atoms with van der Waals surface area (Å²) in [5.41, 5.74) is -1.02. The van der Waals surface area contributed by atoms with Crippen LogP contribution < -0.4 is 4.90 Å². The highest BCUT2D eigenvalue weighted by Crippen LogP contribution is 2.32. The van der Waals surface area contributed by atoms with Gasteiger partial charge in [-0.1, -0.05) is 6.08 Å². The third-order valence-corrected chi connectivity index (χ3v) is 2.34. The minimum atomic E-state index is -4.57. The zero-order chi connectivity index (χ0) is 13.8. The summed E-state index contributed by atoms with van der Waals surface area (Å²) >= 11 is 0. The third kappa shape index (κ3) is 3.46. The van der Waals surface area contributed by atoms with Crippen molar-refractivity contribution in [2.24, 2.45) is 0 Å². The Hall–Kier alpha value is -1.56. The highest BCUT2D eigenvalue weighted by atomic mass is 19.4. The van der Waals surface area contributed by atoms with Crippen LogP contribution in [0.15, 0.2) is 30.9 Å². The van der Waals surface area contributed by atoms with Crippen LogP contribution in [-0.4, -0.2) is 24.8 Å². The van der Waals surface area contributed by atoms with E-state index in [1.165, 1.54) is 11.0 Å². The van der Waals surface area contributed by atoms with Gasteiger partial charge in [-0.05, 0) is 18.2 Å². The number of halogens is 4. The van der Waals surface area contributed by atoms with E-state index in [2.05, 4.69) is 6.58 Å². The van der Waals surface area contributed by atoms with E-state index in [1.54, 1.807) is 0 Å². The molecule has 18 heavy (non-hydrogen) atoms. The number of aliphatic hydroxyl groups is 1. The molecule has 0 fully saturated rings. The number of hydrogen-bond donors (Lipinski definition) is 1. The Morgan fingerprint density at radius 3 is 2.44 bits per heavy atom. The van der Waals surface area contributed by atoms with E-state index in [4.69, 9.17) is 5.11 Å². The Bertz CT molecular complexity index is 417. The maximum atomic E-state index is 13.6. The van der Waals surface area contributed by atoms with Gasteiger partial charge in [0.05, 0.1) is 17.9 Å². The molecule has 1 aromatic carbocycles. The zero-order valence-corrected chi connectivity index (χ0v) is 9.54. The predicted octanol–water partition coefficient (Wildman–Crippen LogP) is 2.83. The Morgan fingerprint density at radius 1 is 1.33 bits per heavy atom. The van der Waals surface area contributed by atoms with E-state index in [0.29, 0.717) is 6.07 Å². The van der Waals surface area contributed by atoms with Gasteiger partial charge in [-0.25, -0.2) is 4.39 Å². The van der Waals surface area contributed by atoms with Gasteiger partial charge in [-0.3, -0.25) is 0 Å². The van der Waals surface area contributed by atoms with Crippen molar-refractivity contribution in [3.63, 3.8) is 0 Å². The molecule has 0 unspecified atom stereocenters. The number of hydrogen-bond acceptors (Lipinski definition) is 2. The van der Waals surface area contributed by atoms with Crippen LogP contribution >= 0.6 is 0 Å². The van der Waals surface area contributed by atoms with Crippen LogP contribution in [0.25, 0.3) is 0 Å². The van der Waals surface area contributed by atoms with Crippen molar-refractivity contribution in [2.75, 3.05) is 24.6 Å². The van der Waals surface area contributed by atoms with E-state index >= 15 is 0 Å². The third-order valence-electron chi connectivity index (χ3n) is 2.34. The lowest BCUT2D eigenvalue weighted by Crippen LogP contribution is -2.27. The van der Waals surface area contributed by atoms with E-state index in [0.717, 1.165) is 12.1 Å². The number of rotatable bonds is 5. The summed E-state index contributed by atoms with van der Waals surface area (Å²) in [6, 6.07) is 2.31. The van der Waals surface area contributed by atoms with Gasteiger partial charge in [-0.15, -0.1) is 6.58 Å². The fraction of sp³-hybridized carbons (Fsp3) is 0.333. The molecular weight excluding hydrogens is 250 g/mol. The lowest BCUT2D eigenvalue weighted by atomic mass is 10.1. The van der Waals surface area contributed by atoms with Gasteiger partial charge >= 0.3 is 6.18 Å². The Balaban J connectivity index is 3.06. The van der Waals surface area contributed by atoms with Crippen molar-refractivity contribution in [1.82, 2.24) is 0 Å². The molecule has 0 spiro atoms. The van der Waals surface area contributed by atoms with Crippen LogP contribution in [0.5, 0.6) is 0 Å². The second-order valence-electron chi connectivity index (χ2n) is 3.62. The fourth-order valence-corrected chi connectivity index (χ4v) is 1.53. The quantitative estimate of drug-likeness (QED) is 0.652. The summed E-state index contributed by atoms with van der Waals surface area (Å²) in [6.45, 7) is 3.60. The minimum absolute atomic E-state index is 0.0111. The molecule has 0 amide bonds. The highest BCUT2D eigenvalue weighted by molar-refractivity contribution is 5.50. The first-order valence-electron chi connectivity index (χ1n) is 5.23. The first-order valence-corrected chi connectivity index (χ1v) is 5.23. The van der Waals surface area contributed by atoms with Crippen molar-refractivity contribution >= 4 is 5.69 Å². The Kier molecular flexibility index (Phi) is 4.72. The SMILES string of the molecule is C=CCN(CCO)c1ccc(C(F)(F)F)cc1F. The number of anilines is 1. The van der Waals surface area contributed by atoms with Gasteiger partial charge in [0.15, 0.2) is 0 Å².